The highest BCUT2D eigenvalue weighted by Gasteiger charge is 2.31. The lowest BCUT2D eigenvalue weighted by molar-refractivity contribution is 0.0966. The van der Waals surface area contributed by atoms with Gasteiger partial charge in [-0.1, -0.05) is 42.5 Å². The quantitative estimate of drug-likeness (QED) is 0.195. The molecule has 1 unspecified atom stereocenters. The summed E-state index contributed by atoms with van der Waals surface area (Å²) < 4.78 is 19.4. The first kappa shape index (κ1) is 37.6. The van der Waals surface area contributed by atoms with E-state index in [2.05, 4.69) is 64.9 Å². The first-order chi connectivity index (χ1) is 19.5. The van der Waals surface area contributed by atoms with Gasteiger partial charge in [0.2, 0.25) is 0 Å². The van der Waals surface area contributed by atoms with Crippen molar-refractivity contribution in [3.8, 4) is 5.75 Å². The molecule has 0 radical (unpaired) electrons. The van der Waals surface area contributed by atoms with Gasteiger partial charge in [-0.2, -0.15) is 0 Å². The Bertz CT molecular complexity index is 1210. The number of unbranched alkanes of at least 4 members (excludes halogenated alkanes) is 1. The standard InChI is InChI=1S/C35H48FN3O.3ClH/c1-27(2)39-20-17-30(18-21-39)34(29-11-14-31(36)15-12-29)26-38-24-22-37(23-25-38)19-7-6-10-33-32-9-5-4-8-28(32)13-16-35(33)40-3;;;/h4-5,8-9,11-16,27,30,34H,6-7,10,17-26H2,1-3H3;3*1H. The van der Waals surface area contributed by atoms with Gasteiger partial charge in [0.1, 0.15) is 11.6 Å². The summed E-state index contributed by atoms with van der Waals surface area (Å²) in [4.78, 5) is 7.92. The van der Waals surface area contributed by atoms with Gasteiger partial charge < -0.3 is 19.4 Å². The Morgan fingerprint density at radius 1 is 0.791 bits per heavy atom. The molecule has 240 valence electrons. The average molecular weight is 655 g/mol. The third-order valence-corrected chi connectivity index (χ3v) is 9.46. The normalized spacial score (nSPS) is 17.6. The van der Waals surface area contributed by atoms with E-state index < -0.39 is 0 Å². The number of piperazine rings is 1. The fourth-order valence-electron chi connectivity index (χ4n) is 6.95. The van der Waals surface area contributed by atoms with Crippen LogP contribution in [0.4, 0.5) is 4.39 Å². The Hall–Kier alpha value is -1.60. The summed E-state index contributed by atoms with van der Waals surface area (Å²) in [7, 11) is 1.78. The van der Waals surface area contributed by atoms with E-state index in [0.29, 0.717) is 17.9 Å². The van der Waals surface area contributed by atoms with Crippen LogP contribution in [0.3, 0.4) is 0 Å². The third kappa shape index (κ3) is 9.94. The molecule has 5 rings (SSSR count). The predicted octanol–water partition coefficient (Wildman–Crippen LogP) is 8.10. The molecule has 0 aromatic heterocycles. The number of benzene rings is 3. The monoisotopic (exact) mass is 653 g/mol. The Kier molecular flexibility index (Phi) is 16.1. The van der Waals surface area contributed by atoms with Crippen molar-refractivity contribution in [1.29, 1.82) is 0 Å². The highest BCUT2D eigenvalue weighted by Crippen LogP contribution is 2.35. The summed E-state index contributed by atoms with van der Waals surface area (Å²) in [6.07, 6.45) is 5.91. The number of fused-ring (bicyclic) bond motifs is 1. The van der Waals surface area contributed by atoms with E-state index in [1.165, 1.54) is 60.7 Å². The van der Waals surface area contributed by atoms with Gasteiger partial charge in [-0.05, 0) is 112 Å². The van der Waals surface area contributed by atoms with Crippen molar-refractivity contribution in [2.45, 2.75) is 57.9 Å². The zero-order valence-electron chi connectivity index (χ0n) is 26.1. The second kappa shape index (κ2) is 18.4. The molecule has 2 saturated heterocycles. The second-order valence-electron chi connectivity index (χ2n) is 12.2. The molecule has 8 heteroatoms. The largest absolute Gasteiger partial charge is 0.496 e. The van der Waals surface area contributed by atoms with E-state index in [4.69, 9.17) is 4.74 Å². The maximum atomic E-state index is 13.7. The van der Waals surface area contributed by atoms with Crippen molar-refractivity contribution in [1.82, 2.24) is 14.7 Å². The van der Waals surface area contributed by atoms with Crippen LogP contribution in [0.2, 0.25) is 0 Å². The van der Waals surface area contributed by atoms with Crippen molar-refractivity contribution in [2.75, 3.05) is 59.5 Å². The smallest absolute Gasteiger partial charge is 0.123 e. The van der Waals surface area contributed by atoms with E-state index in [-0.39, 0.29) is 43.0 Å². The zero-order valence-corrected chi connectivity index (χ0v) is 28.5. The molecule has 3 aromatic rings. The minimum absolute atomic E-state index is 0. The van der Waals surface area contributed by atoms with Gasteiger partial charge in [0.15, 0.2) is 0 Å². The molecule has 1 atom stereocenters. The molecular formula is C35H51Cl3FN3O. The number of methoxy groups -OCH3 is 1. The number of likely N-dealkylation sites (tertiary alicyclic amines) is 1. The van der Waals surface area contributed by atoms with Crippen molar-refractivity contribution in [3.05, 3.63) is 77.6 Å². The average Bonchev–Trinajstić information content (AvgIpc) is 2.99. The summed E-state index contributed by atoms with van der Waals surface area (Å²) in [5.74, 6) is 2.03. The lowest BCUT2D eigenvalue weighted by atomic mass is 9.79. The number of nitrogens with zero attached hydrogens (tertiary/aromatic N) is 3. The van der Waals surface area contributed by atoms with Gasteiger partial charge in [-0.3, -0.25) is 0 Å². The Labute approximate surface area is 277 Å². The van der Waals surface area contributed by atoms with Crippen LogP contribution < -0.4 is 4.74 Å². The van der Waals surface area contributed by atoms with Gasteiger partial charge in [0.25, 0.3) is 0 Å². The summed E-state index contributed by atoms with van der Waals surface area (Å²) in [6, 6.07) is 20.9. The number of piperidine rings is 1. The first-order valence-electron chi connectivity index (χ1n) is 15.5. The molecule has 2 aliphatic heterocycles. The van der Waals surface area contributed by atoms with Crippen molar-refractivity contribution < 1.29 is 9.13 Å². The lowest BCUT2D eigenvalue weighted by Crippen LogP contribution is -2.48. The molecule has 0 amide bonds. The van der Waals surface area contributed by atoms with Crippen LogP contribution in [0.15, 0.2) is 60.7 Å². The van der Waals surface area contributed by atoms with Gasteiger partial charge in [-0.15, -0.1) is 37.2 Å². The summed E-state index contributed by atoms with van der Waals surface area (Å²) >= 11 is 0. The molecule has 0 N–H and O–H groups in total. The van der Waals surface area contributed by atoms with E-state index in [9.17, 15) is 4.39 Å². The van der Waals surface area contributed by atoms with Gasteiger partial charge in [0, 0.05) is 44.3 Å². The minimum Gasteiger partial charge on any atom is -0.496 e. The predicted molar refractivity (Wildman–Crippen MR) is 187 cm³/mol. The molecule has 0 aliphatic carbocycles. The summed E-state index contributed by atoms with van der Waals surface area (Å²) in [5.41, 5.74) is 2.66. The van der Waals surface area contributed by atoms with Crippen molar-refractivity contribution in [3.63, 3.8) is 0 Å². The Morgan fingerprint density at radius 2 is 1.44 bits per heavy atom. The van der Waals surface area contributed by atoms with Crippen LogP contribution in [-0.4, -0.2) is 80.2 Å². The molecule has 0 spiro atoms. The van der Waals surface area contributed by atoms with E-state index >= 15 is 0 Å². The van der Waals surface area contributed by atoms with E-state index in [1.54, 1.807) is 19.2 Å². The second-order valence-corrected chi connectivity index (χ2v) is 12.2. The van der Waals surface area contributed by atoms with Crippen LogP contribution in [0.5, 0.6) is 5.75 Å². The number of ether oxygens (including phenoxy) is 1. The maximum Gasteiger partial charge on any atom is 0.123 e. The minimum atomic E-state index is -0.135. The summed E-state index contributed by atoms with van der Waals surface area (Å²) in [6.45, 7) is 13.7. The fourth-order valence-corrected chi connectivity index (χ4v) is 6.95. The Morgan fingerprint density at radius 3 is 2.09 bits per heavy atom. The lowest BCUT2D eigenvalue weighted by Gasteiger charge is -2.41. The molecular weight excluding hydrogens is 604 g/mol. The zero-order chi connectivity index (χ0) is 27.9. The molecule has 0 saturated carbocycles. The van der Waals surface area contributed by atoms with E-state index in [1.807, 2.05) is 12.1 Å². The van der Waals surface area contributed by atoms with Gasteiger partial charge in [0.05, 0.1) is 7.11 Å². The van der Waals surface area contributed by atoms with Crippen LogP contribution in [0.25, 0.3) is 10.8 Å². The Balaban J connectivity index is 0.00000215. The van der Waals surface area contributed by atoms with Crippen molar-refractivity contribution in [2.24, 2.45) is 5.92 Å². The topological polar surface area (TPSA) is 19.0 Å². The number of rotatable bonds is 11. The first-order valence-corrected chi connectivity index (χ1v) is 15.5. The number of hydrogen-bond donors (Lipinski definition) is 0. The highest BCUT2D eigenvalue weighted by atomic mass is 35.5. The molecule has 2 heterocycles. The molecule has 43 heavy (non-hydrogen) atoms. The SMILES string of the molecule is COc1ccc2ccccc2c1CCCCN1CCN(CC(c2ccc(F)cc2)C2CCN(C(C)C)CC2)CC1.Cl.Cl.Cl. The molecule has 2 fully saturated rings. The molecule has 4 nitrogen and oxygen atoms in total. The highest BCUT2D eigenvalue weighted by molar-refractivity contribution is 5.87. The molecule has 2 aliphatic rings. The van der Waals surface area contributed by atoms with Gasteiger partial charge in [-0.25, -0.2) is 4.39 Å². The summed E-state index contributed by atoms with van der Waals surface area (Å²) in [5, 5.41) is 2.61. The molecule has 3 aromatic carbocycles. The number of hydrogen-bond acceptors (Lipinski definition) is 4. The van der Waals surface area contributed by atoms with Gasteiger partial charge >= 0.3 is 0 Å². The van der Waals surface area contributed by atoms with Crippen LogP contribution in [0, 0.1) is 11.7 Å². The van der Waals surface area contributed by atoms with E-state index in [0.717, 1.165) is 51.4 Å². The van der Waals surface area contributed by atoms with Crippen molar-refractivity contribution >= 4 is 48.0 Å². The van der Waals surface area contributed by atoms with Crippen LogP contribution in [-0.2, 0) is 6.42 Å². The third-order valence-electron chi connectivity index (χ3n) is 9.46. The number of halogens is 4. The van der Waals surface area contributed by atoms with Crippen LogP contribution in [0.1, 0.15) is 56.6 Å². The fraction of sp³-hybridized carbons (Fsp3) is 0.543. The maximum absolute atomic E-state index is 13.7. The number of aryl methyl sites for hydroxylation is 1. The van der Waals surface area contributed by atoms with Crippen LogP contribution >= 0.6 is 37.2 Å². The molecule has 0 bridgehead atoms.